The molecule has 126 valence electrons. The number of hydrogen-bond acceptors (Lipinski definition) is 5. The van der Waals surface area contributed by atoms with E-state index in [4.69, 9.17) is 4.74 Å². The van der Waals surface area contributed by atoms with Gasteiger partial charge in [-0.3, -0.25) is 9.59 Å². The first-order valence-electron chi connectivity index (χ1n) is 8.06. The molecule has 2 aromatic rings. The monoisotopic (exact) mass is 335 g/mol. The van der Waals surface area contributed by atoms with Gasteiger partial charge in [0.25, 0.3) is 5.91 Å². The Morgan fingerprint density at radius 3 is 2.60 bits per heavy atom. The number of hydrogen-bond donors (Lipinski definition) is 1. The van der Waals surface area contributed by atoms with Crippen molar-refractivity contribution in [1.29, 1.82) is 5.26 Å². The van der Waals surface area contributed by atoms with Crippen molar-refractivity contribution in [3.8, 4) is 11.8 Å². The lowest BCUT2D eigenvalue weighted by Crippen LogP contribution is -2.29. The third kappa shape index (κ3) is 4.42. The van der Waals surface area contributed by atoms with E-state index in [9.17, 15) is 14.9 Å². The van der Waals surface area contributed by atoms with Gasteiger partial charge in [-0.05, 0) is 55.2 Å². The summed E-state index contributed by atoms with van der Waals surface area (Å²) >= 11 is 0. The molecule has 6 heteroatoms. The van der Waals surface area contributed by atoms with Crippen LogP contribution in [0.1, 0.15) is 23.2 Å². The van der Waals surface area contributed by atoms with Gasteiger partial charge in [0, 0.05) is 11.8 Å². The summed E-state index contributed by atoms with van der Waals surface area (Å²) in [7, 11) is 0. The molecule has 3 rings (SSSR count). The van der Waals surface area contributed by atoms with Gasteiger partial charge in [-0.25, -0.2) is 4.98 Å². The molecule has 1 aliphatic carbocycles. The number of amides is 1. The first-order chi connectivity index (χ1) is 12.2. The summed E-state index contributed by atoms with van der Waals surface area (Å²) in [6.45, 7) is 0.681. The number of Topliss-reactive ketones (excluding diaryl/α,β-unsaturated/α-hetero) is 1. The fraction of sp³-hybridized carbons (Fsp3) is 0.263. The second kappa shape index (κ2) is 7.58. The highest BCUT2D eigenvalue weighted by molar-refractivity contribution is 6.15. The van der Waals surface area contributed by atoms with Gasteiger partial charge in [-0.2, -0.15) is 5.26 Å². The molecule has 25 heavy (non-hydrogen) atoms. The zero-order chi connectivity index (χ0) is 17.6. The SMILES string of the molecule is N#C[C@@H](C(=O)Nc1ccccn1)C(=O)c1ccc(OCC2CC2)cc1. The number of nitriles is 1. The second-order valence-corrected chi connectivity index (χ2v) is 5.91. The molecular weight excluding hydrogens is 318 g/mol. The van der Waals surface area contributed by atoms with Crippen LogP contribution in [0.3, 0.4) is 0 Å². The number of ether oxygens (including phenoxy) is 1. The van der Waals surface area contributed by atoms with Crippen LogP contribution >= 0.6 is 0 Å². The molecule has 1 aromatic carbocycles. The predicted octanol–water partition coefficient (Wildman–Crippen LogP) is 2.83. The van der Waals surface area contributed by atoms with E-state index in [1.165, 1.54) is 19.0 Å². The van der Waals surface area contributed by atoms with Crippen LogP contribution in [0.2, 0.25) is 0 Å². The molecular formula is C19H17N3O3. The third-order valence-electron chi connectivity index (χ3n) is 3.89. The number of carbonyl (C=O) groups excluding carboxylic acids is 2. The van der Waals surface area contributed by atoms with Crippen LogP contribution in [0.15, 0.2) is 48.7 Å². The highest BCUT2D eigenvalue weighted by Gasteiger charge is 2.28. The average Bonchev–Trinajstić information content (AvgIpc) is 3.46. The van der Waals surface area contributed by atoms with E-state index in [1.54, 1.807) is 48.5 Å². The van der Waals surface area contributed by atoms with Crippen molar-refractivity contribution in [2.24, 2.45) is 11.8 Å². The lowest BCUT2D eigenvalue weighted by molar-refractivity contribution is -0.117. The van der Waals surface area contributed by atoms with Crippen LogP contribution in [-0.2, 0) is 4.79 Å². The minimum absolute atomic E-state index is 0.293. The molecule has 1 N–H and O–H groups in total. The summed E-state index contributed by atoms with van der Waals surface area (Å²) in [6.07, 6.45) is 3.91. The van der Waals surface area contributed by atoms with Crippen LogP contribution in [0.25, 0.3) is 0 Å². The van der Waals surface area contributed by atoms with E-state index < -0.39 is 17.6 Å². The standard InChI is InChI=1S/C19H17N3O3/c20-11-16(19(24)22-17-3-1-2-10-21-17)18(23)14-6-8-15(9-7-14)25-12-13-4-5-13/h1-3,6-10,13,16H,4-5,12H2,(H,21,22,24)/t16-/m1/s1. The highest BCUT2D eigenvalue weighted by atomic mass is 16.5. The number of aromatic nitrogens is 1. The van der Waals surface area contributed by atoms with Crippen molar-refractivity contribution >= 4 is 17.5 Å². The van der Waals surface area contributed by atoms with Crippen molar-refractivity contribution in [1.82, 2.24) is 4.98 Å². The van der Waals surface area contributed by atoms with Crippen molar-refractivity contribution in [3.63, 3.8) is 0 Å². The van der Waals surface area contributed by atoms with Gasteiger partial charge >= 0.3 is 0 Å². The minimum atomic E-state index is -1.43. The number of carbonyl (C=O) groups is 2. The van der Waals surface area contributed by atoms with Gasteiger partial charge in [-0.15, -0.1) is 0 Å². The number of ketones is 1. The summed E-state index contributed by atoms with van der Waals surface area (Å²) < 4.78 is 5.61. The van der Waals surface area contributed by atoms with Crippen molar-refractivity contribution in [2.45, 2.75) is 12.8 Å². The molecule has 0 bridgehead atoms. The molecule has 0 unspecified atom stereocenters. The van der Waals surface area contributed by atoms with Gasteiger partial charge < -0.3 is 10.1 Å². The van der Waals surface area contributed by atoms with Gasteiger partial charge in [0.05, 0.1) is 12.7 Å². The maximum Gasteiger partial charge on any atom is 0.250 e. The number of benzene rings is 1. The Kier molecular flexibility index (Phi) is 5.05. The average molecular weight is 335 g/mol. The normalized spacial score (nSPS) is 14.2. The zero-order valence-electron chi connectivity index (χ0n) is 13.5. The number of nitrogens with one attached hydrogen (secondary N) is 1. The van der Waals surface area contributed by atoms with E-state index in [0.29, 0.717) is 29.7 Å². The largest absolute Gasteiger partial charge is 0.493 e. The zero-order valence-corrected chi connectivity index (χ0v) is 13.5. The van der Waals surface area contributed by atoms with Gasteiger partial charge in [0.2, 0.25) is 0 Å². The lowest BCUT2D eigenvalue weighted by atomic mass is 9.98. The summed E-state index contributed by atoms with van der Waals surface area (Å²) in [5.74, 6) is -1.07. The van der Waals surface area contributed by atoms with Crippen LogP contribution in [0, 0.1) is 23.2 Å². The number of nitrogens with zero attached hydrogens (tertiary/aromatic N) is 2. The molecule has 6 nitrogen and oxygen atoms in total. The minimum Gasteiger partial charge on any atom is -0.493 e. The molecule has 1 saturated carbocycles. The fourth-order valence-corrected chi connectivity index (χ4v) is 2.25. The quantitative estimate of drug-likeness (QED) is 0.620. The van der Waals surface area contributed by atoms with E-state index in [-0.39, 0.29) is 0 Å². The molecule has 0 radical (unpaired) electrons. The first kappa shape index (κ1) is 16.7. The number of anilines is 1. The second-order valence-electron chi connectivity index (χ2n) is 5.91. The predicted molar refractivity (Wildman–Crippen MR) is 91.0 cm³/mol. The Labute approximate surface area is 145 Å². The molecule has 0 saturated heterocycles. The Morgan fingerprint density at radius 1 is 1.24 bits per heavy atom. The summed E-state index contributed by atoms with van der Waals surface area (Å²) in [5.41, 5.74) is 0.293. The van der Waals surface area contributed by atoms with Crippen molar-refractivity contribution < 1.29 is 14.3 Å². The first-order valence-corrected chi connectivity index (χ1v) is 8.06. The topological polar surface area (TPSA) is 92.1 Å². The summed E-state index contributed by atoms with van der Waals surface area (Å²) in [6, 6.07) is 13.3. The van der Waals surface area contributed by atoms with E-state index in [2.05, 4.69) is 10.3 Å². The van der Waals surface area contributed by atoms with Crippen LogP contribution < -0.4 is 10.1 Å². The molecule has 1 atom stereocenters. The number of pyridine rings is 1. The van der Waals surface area contributed by atoms with Gasteiger partial charge in [-0.1, -0.05) is 6.07 Å². The maximum absolute atomic E-state index is 12.5. The summed E-state index contributed by atoms with van der Waals surface area (Å²) in [5, 5.41) is 11.7. The fourth-order valence-electron chi connectivity index (χ4n) is 2.25. The van der Waals surface area contributed by atoms with Crippen molar-refractivity contribution in [2.75, 3.05) is 11.9 Å². The Morgan fingerprint density at radius 2 is 2.00 bits per heavy atom. The van der Waals surface area contributed by atoms with Crippen molar-refractivity contribution in [3.05, 3.63) is 54.2 Å². The molecule has 1 fully saturated rings. The van der Waals surface area contributed by atoms with E-state index in [0.717, 1.165) is 0 Å². The molecule has 0 aliphatic heterocycles. The van der Waals surface area contributed by atoms with Gasteiger partial charge in [0.1, 0.15) is 11.6 Å². The molecule has 1 amide bonds. The van der Waals surface area contributed by atoms with Crippen LogP contribution in [-0.4, -0.2) is 23.3 Å². The Hall–Kier alpha value is -3.20. The van der Waals surface area contributed by atoms with Crippen LogP contribution in [0.5, 0.6) is 5.75 Å². The highest BCUT2D eigenvalue weighted by Crippen LogP contribution is 2.29. The van der Waals surface area contributed by atoms with E-state index in [1.807, 2.05) is 0 Å². The third-order valence-corrected chi connectivity index (χ3v) is 3.89. The Balaban J connectivity index is 1.64. The molecule has 1 aromatic heterocycles. The molecule has 1 aliphatic rings. The van der Waals surface area contributed by atoms with Crippen LogP contribution in [0.4, 0.5) is 5.82 Å². The summed E-state index contributed by atoms with van der Waals surface area (Å²) in [4.78, 5) is 28.6. The number of rotatable bonds is 7. The lowest BCUT2D eigenvalue weighted by Gasteiger charge is -2.10. The Bertz CT molecular complexity index is 793. The maximum atomic E-state index is 12.5. The molecule has 0 spiro atoms. The van der Waals surface area contributed by atoms with Gasteiger partial charge in [0.15, 0.2) is 11.7 Å². The van der Waals surface area contributed by atoms with E-state index >= 15 is 0 Å². The smallest absolute Gasteiger partial charge is 0.250 e. The molecule has 1 heterocycles.